The van der Waals surface area contributed by atoms with Crippen molar-refractivity contribution in [2.45, 2.75) is 51.9 Å². The maximum absolute atomic E-state index is 12.3. The van der Waals surface area contributed by atoms with Crippen LogP contribution in [0.1, 0.15) is 39.2 Å². The van der Waals surface area contributed by atoms with E-state index in [0.29, 0.717) is 18.6 Å². The Morgan fingerprint density at radius 1 is 0.882 bits per heavy atom. The van der Waals surface area contributed by atoms with Crippen LogP contribution in [0.2, 0.25) is 0 Å². The maximum Gasteiger partial charge on any atom is 0.410 e. The number of hydrogen-bond acceptors (Lipinski definition) is 6. The topological polar surface area (TPSA) is 65.6 Å². The molecule has 2 amide bonds. The van der Waals surface area contributed by atoms with Crippen molar-refractivity contribution in [3.63, 3.8) is 0 Å². The molecule has 8 nitrogen and oxygen atoms in total. The Morgan fingerprint density at radius 2 is 1.53 bits per heavy atom. The number of ether oxygens (including phenoxy) is 2. The molecule has 0 spiro atoms. The molecule has 3 aliphatic rings. The molecule has 4 rings (SSSR count). The predicted octanol–water partition coefficient (Wildman–Crippen LogP) is 3.27. The molecule has 1 aromatic rings. The molecule has 0 bridgehead atoms. The van der Waals surface area contributed by atoms with Crippen LogP contribution in [-0.4, -0.2) is 102 Å². The predicted molar refractivity (Wildman–Crippen MR) is 131 cm³/mol. The van der Waals surface area contributed by atoms with Gasteiger partial charge in [-0.25, -0.2) is 9.59 Å². The van der Waals surface area contributed by atoms with Crippen molar-refractivity contribution in [3.8, 4) is 0 Å². The van der Waals surface area contributed by atoms with Gasteiger partial charge < -0.3 is 19.3 Å². The number of piperidine rings is 1. The molecule has 3 fully saturated rings. The number of piperazine rings is 1. The van der Waals surface area contributed by atoms with Crippen LogP contribution in [-0.2, 0) is 16.1 Å². The molecule has 34 heavy (non-hydrogen) atoms. The molecule has 0 radical (unpaired) electrons. The van der Waals surface area contributed by atoms with Crippen LogP contribution in [0.3, 0.4) is 0 Å². The van der Waals surface area contributed by atoms with Crippen LogP contribution < -0.4 is 0 Å². The fraction of sp³-hybridized carbons (Fsp3) is 0.692. The normalized spacial score (nSPS) is 21.3. The average molecular weight is 473 g/mol. The smallest absolute Gasteiger partial charge is 0.410 e. The summed E-state index contributed by atoms with van der Waals surface area (Å²) >= 11 is 0. The summed E-state index contributed by atoms with van der Waals surface area (Å²) in [5.74, 6) is 0.705. The maximum atomic E-state index is 12.3. The van der Waals surface area contributed by atoms with Gasteiger partial charge in [0.25, 0.3) is 0 Å². The van der Waals surface area contributed by atoms with E-state index < -0.39 is 5.60 Å². The van der Waals surface area contributed by atoms with E-state index in [1.165, 1.54) is 12.8 Å². The van der Waals surface area contributed by atoms with Crippen LogP contribution in [0.25, 0.3) is 0 Å². The van der Waals surface area contributed by atoms with Gasteiger partial charge in [-0.3, -0.25) is 9.80 Å². The second-order valence-electron chi connectivity index (χ2n) is 10.8. The highest BCUT2D eigenvalue weighted by molar-refractivity contribution is 5.69. The number of carbonyl (C=O) groups is 2. The van der Waals surface area contributed by atoms with Gasteiger partial charge in [0.15, 0.2) is 0 Å². The highest BCUT2D eigenvalue weighted by atomic mass is 16.6. The Bertz CT molecular complexity index is 806. The number of hydrogen-bond donors (Lipinski definition) is 0. The van der Waals surface area contributed by atoms with Gasteiger partial charge in [-0.2, -0.15) is 0 Å². The first-order chi connectivity index (χ1) is 16.3. The molecule has 0 saturated carbocycles. The van der Waals surface area contributed by atoms with Gasteiger partial charge >= 0.3 is 12.2 Å². The minimum Gasteiger partial charge on any atom is -0.445 e. The van der Waals surface area contributed by atoms with Crippen LogP contribution >= 0.6 is 0 Å². The van der Waals surface area contributed by atoms with Gasteiger partial charge in [0.2, 0.25) is 0 Å². The van der Waals surface area contributed by atoms with Crippen molar-refractivity contribution in [2.75, 3.05) is 58.9 Å². The summed E-state index contributed by atoms with van der Waals surface area (Å²) in [5.41, 5.74) is 0.573. The highest BCUT2D eigenvalue weighted by Gasteiger charge is 2.37. The van der Waals surface area contributed by atoms with Gasteiger partial charge in [-0.15, -0.1) is 0 Å². The Kier molecular flexibility index (Phi) is 7.99. The Labute approximate surface area is 203 Å². The van der Waals surface area contributed by atoms with Crippen molar-refractivity contribution < 1.29 is 19.1 Å². The van der Waals surface area contributed by atoms with E-state index in [1.54, 1.807) is 0 Å². The zero-order valence-electron chi connectivity index (χ0n) is 20.9. The molecule has 0 atom stereocenters. The third-order valence-electron chi connectivity index (χ3n) is 7.03. The van der Waals surface area contributed by atoms with Crippen molar-refractivity contribution in [1.29, 1.82) is 0 Å². The molecule has 3 saturated heterocycles. The van der Waals surface area contributed by atoms with Crippen LogP contribution in [0.15, 0.2) is 30.3 Å². The monoisotopic (exact) mass is 472 g/mol. The summed E-state index contributed by atoms with van der Waals surface area (Å²) in [5, 5.41) is 0. The standard InChI is InChI=1S/C26H40N4O4/c1-26(2,3)34-25(32)29-15-13-27(14-16-29)17-21-9-11-28(12-10-21)23-18-30(19-23)24(31)33-20-22-7-5-4-6-8-22/h4-8,21,23H,9-20H2,1-3H3. The number of amides is 2. The lowest BCUT2D eigenvalue weighted by Gasteiger charge is -2.47. The quantitative estimate of drug-likeness (QED) is 0.655. The number of likely N-dealkylation sites (tertiary alicyclic amines) is 2. The lowest BCUT2D eigenvalue weighted by Crippen LogP contribution is -2.62. The summed E-state index contributed by atoms with van der Waals surface area (Å²) in [6.07, 6.45) is 1.99. The van der Waals surface area contributed by atoms with Gasteiger partial charge in [-0.05, 0) is 58.2 Å². The average Bonchev–Trinajstić information content (AvgIpc) is 2.78. The summed E-state index contributed by atoms with van der Waals surface area (Å²) in [7, 11) is 0. The van der Waals surface area contributed by atoms with E-state index in [4.69, 9.17) is 9.47 Å². The number of carbonyl (C=O) groups excluding carboxylic acids is 2. The first-order valence-corrected chi connectivity index (χ1v) is 12.7. The molecule has 0 aliphatic carbocycles. The SMILES string of the molecule is CC(C)(C)OC(=O)N1CCN(CC2CCN(C3CN(C(=O)OCc4ccccc4)C3)CC2)CC1. The van der Waals surface area contributed by atoms with Gasteiger partial charge in [0.05, 0.1) is 0 Å². The zero-order valence-corrected chi connectivity index (χ0v) is 20.9. The summed E-state index contributed by atoms with van der Waals surface area (Å²) in [6, 6.07) is 10.3. The number of nitrogens with zero attached hydrogens (tertiary/aromatic N) is 4. The molecular weight excluding hydrogens is 432 g/mol. The molecule has 3 heterocycles. The minimum atomic E-state index is -0.442. The largest absolute Gasteiger partial charge is 0.445 e. The molecule has 188 valence electrons. The lowest BCUT2D eigenvalue weighted by molar-refractivity contribution is -0.000886. The molecule has 0 N–H and O–H groups in total. The van der Waals surface area contributed by atoms with E-state index >= 15 is 0 Å². The van der Waals surface area contributed by atoms with E-state index in [-0.39, 0.29) is 12.2 Å². The van der Waals surface area contributed by atoms with E-state index in [2.05, 4.69) is 9.80 Å². The van der Waals surface area contributed by atoms with Crippen LogP contribution in [0, 0.1) is 5.92 Å². The molecule has 3 aliphatic heterocycles. The lowest BCUT2D eigenvalue weighted by atomic mass is 9.93. The third kappa shape index (κ3) is 6.85. The molecule has 8 heteroatoms. The van der Waals surface area contributed by atoms with Crippen molar-refractivity contribution in [3.05, 3.63) is 35.9 Å². The second-order valence-corrected chi connectivity index (χ2v) is 10.8. The Balaban J connectivity index is 1.09. The van der Waals surface area contributed by atoms with E-state index in [1.807, 2.05) is 60.9 Å². The molecule has 0 unspecified atom stereocenters. The fourth-order valence-electron chi connectivity index (χ4n) is 4.95. The van der Waals surface area contributed by atoms with Crippen LogP contribution in [0.5, 0.6) is 0 Å². The number of rotatable bonds is 5. The van der Waals surface area contributed by atoms with E-state index in [9.17, 15) is 9.59 Å². The van der Waals surface area contributed by atoms with Gasteiger partial charge in [0, 0.05) is 51.9 Å². The minimum absolute atomic E-state index is 0.195. The van der Waals surface area contributed by atoms with Crippen LogP contribution in [0.4, 0.5) is 9.59 Å². The van der Waals surface area contributed by atoms with Crippen molar-refractivity contribution in [1.82, 2.24) is 19.6 Å². The molecule has 1 aromatic carbocycles. The van der Waals surface area contributed by atoms with Gasteiger partial charge in [-0.1, -0.05) is 30.3 Å². The van der Waals surface area contributed by atoms with Gasteiger partial charge in [0.1, 0.15) is 12.2 Å². The molecule has 0 aromatic heterocycles. The van der Waals surface area contributed by atoms with E-state index in [0.717, 1.165) is 64.5 Å². The first kappa shape index (κ1) is 24.8. The number of benzene rings is 1. The fourth-order valence-corrected chi connectivity index (χ4v) is 4.95. The first-order valence-electron chi connectivity index (χ1n) is 12.7. The Morgan fingerprint density at radius 3 is 2.15 bits per heavy atom. The highest BCUT2D eigenvalue weighted by Crippen LogP contribution is 2.25. The summed E-state index contributed by atoms with van der Waals surface area (Å²) in [4.78, 5) is 33.2. The second kappa shape index (κ2) is 11.0. The zero-order chi connectivity index (χ0) is 24.1. The van der Waals surface area contributed by atoms with Crippen molar-refractivity contribution >= 4 is 12.2 Å². The Hall–Kier alpha value is -2.32. The van der Waals surface area contributed by atoms with Crippen molar-refractivity contribution in [2.24, 2.45) is 5.92 Å². The summed E-state index contributed by atoms with van der Waals surface area (Å²) < 4.78 is 10.9. The third-order valence-corrected chi connectivity index (χ3v) is 7.03. The summed E-state index contributed by atoms with van der Waals surface area (Å²) in [6.45, 7) is 14.2. The molecular formula is C26H40N4O4.